The summed E-state index contributed by atoms with van der Waals surface area (Å²) in [6, 6.07) is -0.647. The number of hydrogen-bond donors (Lipinski definition) is 1. The van der Waals surface area contributed by atoms with E-state index in [1.54, 1.807) is 7.11 Å². The first-order valence-corrected chi connectivity index (χ1v) is 4.99. The van der Waals surface area contributed by atoms with Crippen LogP contribution < -0.4 is 0 Å². The Morgan fingerprint density at radius 3 is 3.00 bits per heavy atom. The molecule has 72 valence electrons. The van der Waals surface area contributed by atoms with E-state index in [4.69, 9.17) is 22.2 Å². The molecule has 0 aromatic carbocycles. The highest BCUT2D eigenvalue weighted by molar-refractivity contribution is 7.32. The molecular formula is C6H11BO5P+. The first kappa shape index (κ1) is 11.1. The van der Waals surface area contributed by atoms with Crippen LogP contribution in [-0.4, -0.2) is 44.7 Å². The van der Waals surface area contributed by atoms with Gasteiger partial charge in [-0.15, -0.1) is 9.42 Å². The summed E-state index contributed by atoms with van der Waals surface area (Å²) in [6.45, 7) is 0.412. The van der Waals surface area contributed by atoms with Gasteiger partial charge in [0.15, 0.2) is 0 Å². The Morgan fingerprint density at radius 2 is 2.46 bits per heavy atom. The second-order valence-electron chi connectivity index (χ2n) is 2.80. The fraction of sp³-hybridized carbons (Fsp3) is 1.00. The van der Waals surface area contributed by atoms with E-state index < -0.39 is 20.4 Å². The first-order valence-electron chi connectivity index (χ1n) is 3.86. The normalized spacial score (nSPS) is 34.9. The van der Waals surface area contributed by atoms with Gasteiger partial charge in [-0.1, -0.05) is 0 Å². The zero-order valence-electron chi connectivity index (χ0n) is 7.25. The summed E-state index contributed by atoms with van der Waals surface area (Å²) in [5.74, 6) is 0. The van der Waals surface area contributed by atoms with Crippen molar-refractivity contribution in [2.75, 3.05) is 13.7 Å². The molecule has 0 aromatic rings. The molecule has 1 rings (SSSR count). The minimum absolute atomic E-state index is 0.153. The smallest absolute Gasteiger partial charge is 0.382 e. The van der Waals surface area contributed by atoms with E-state index in [0.29, 0.717) is 13.0 Å². The van der Waals surface area contributed by atoms with Gasteiger partial charge in [-0.25, -0.2) is 0 Å². The average molecular weight is 205 g/mol. The lowest BCUT2D eigenvalue weighted by Gasteiger charge is -2.08. The monoisotopic (exact) mass is 205 g/mol. The lowest BCUT2D eigenvalue weighted by Crippen LogP contribution is -2.22. The van der Waals surface area contributed by atoms with E-state index in [1.165, 1.54) is 0 Å². The molecule has 2 radical (unpaired) electrons. The zero-order valence-corrected chi connectivity index (χ0v) is 8.15. The van der Waals surface area contributed by atoms with Crippen LogP contribution in [0.3, 0.4) is 0 Å². The van der Waals surface area contributed by atoms with Crippen molar-refractivity contribution in [3.63, 3.8) is 0 Å². The Hall–Kier alpha value is 0.00494. The van der Waals surface area contributed by atoms with E-state index in [0.717, 1.165) is 0 Å². The van der Waals surface area contributed by atoms with Crippen LogP contribution in [0.1, 0.15) is 6.42 Å². The molecule has 1 aliphatic heterocycles. The predicted molar refractivity (Wildman–Crippen MR) is 45.6 cm³/mol. The maximum Gasteiger partial charge on any atom is 0.695 e. The Kier molecular flexibility index (Phi) is 4.29. The third-order valence-corrected chi connectivity index (χ3v) is 2.24. The van der Waals surface area contributed by atoms with Gasteiger partial charge >= 0.3 is 8.25 Å². The van der Waals surface area contributed by atoms with Crippen LogP contribution in [0.2, 0.25) is 0 Å². The van der Waals surface area contributed by atoms with Gasteiger partial charge in [0.1, 0.15) is 14.0 Å². The standard InChI is InChI=1S/C6H10BO5P/c1-10-3-4-2-5(6(7)11-4)12-13(8)9/h4-6H,2-3H2,1H3/p+1. The lowest BCUT2D eigenvalue weighted by molar-refractivity contribution is 0.0184. The Bertz CT molecular complexity index is 190. The van der Waals surface area contributed by atoms with E-state index in [9.17, 15) is 4.57 Å². The van der Waals surface area contributed by atoms with Gasteiger partial charge in [0.05, 0.1) is 12.7 Å². The largest absolute Gasteiger partial charge is 0.695 e. The maximum absolute atomic E-state index is 10.3. The van der Waals surface area contributed by atoms with Crippen molar-refractivity contribution in [2.24, 2.45) is 0 Å². The third-order valence-electron chi connectivity index (χ3n) is 1.79. The van der Waals surface area contributed by atoms with Crippen LogP contribution in [0.5, 0.6) is 0 Å². The van der Waals surface area contributed by atoms with Crippen LogP contribution in [-0.2, 0) is 18.6 Å². The molecule has 1 saturated heterocycles. The number of ether oxygens (including phenoxy) is 2. The van der Waals surface area contributed by atoms with Gasteiger partial charge < -0.3 is 9.47 Å². The first-order chi connectivity index (χ1) is 6.13. The Balaban J connectivity index is 2.37. The van der Waals surface area contributed by atoms with Gasteiger partial charge in [-0.2, -0.15) is 0 Å². The van der Waals surface area contributed by atoms with Crippen molar-refractivity contribution in [2.45, 2.75) is 24.6 Å². The molecule has 0 bridgehead atoms. The minimum atomic E-state index is -2.62. The van der Waals surface area contributed by atoms with Gasteiger partial charge in [-0.05, 0) is 0 Å². The molecule has 0 saturated carbocycles. The summed E-state index contributed by atoms with van der Waals surface area (Å²) < 4.78 is 25.1. The molecule has 1 fully saturated rings. The molecule has 1 aliphatic rings. The van der Waals surface area contributed by atoms with Gasteiger partial charge in [0, 0.05) is 24.1 Å². The molecule has 0 spiro atoms. The Labute approximate surface area is 78.7 Å². The molecule has 7 heteroatoms. The Morgan fingerprint density at radius 1 is 1.77 bits per heavy atom. The highest BCUT2D eigenvalue weighted by Crippen LogP contribution is 2.29. The van der Waals surface area contributed by atoms with Crippen LogP contribution in [0, 0.1) is 0 Å². The topological polar surface area (TPSA) is 65.0 Å². The number of rotatable bonds is 4. The van der Waals surface area contributed by atoms with E-state index in [1.807, 2.05) is 0 Å². The summed E-state index contributed by atoms with van der Waals surface area (Å²) in [6.07, 6.45) is -0.190. The van der Waals surface area contributed by atoms with Crippen LogP contribution >= 0.6 is 8.25 Å². The van der Waals surface area contributed by atoms with E-state index in [2.05, 4.69) is 4.52 Å². The molecule has 0 aromatic heterocycles. The SMILES string of the molecule is [B]C1OC(COC)CC1O[P+](=O)O. The maximum atomic E-state index is 10.3. The summed E-state index contributed by atoms with van der Waals surface area (Å²) in [5.41, 5.74) is 0. The fourth-order valence-corrected chi connectivity index (χ4v) is 1.71. The lowest BCUT2D eigenvalue weighted by atomic mass is 9.95. The molecule has 1 N–H and O–H groups in total. The van der Waals surface area contributed by atoms with Crippen LogP contribution in [0.15, 0.2) is 0 Å². The third kappa shape index (κ3) is 3.33. The second kappa shape index (κ2) is 5.03. The van der Waals surface area contributed by atoms with Crippen LogP contribution in [0.25, 0.3) is 0 Å². The molecular weight excluding hydrogens is 194 g/mol. The highest BCUT2D eigenvalue weighted by atomic mass is 31.1. The zero-order chi connectivity index (χ0) is 9.84. The second-order valence-corrected chi connectivity index (χ2v) is 3.48. The minimum Gasteiger partial charge on any atom is -0.382 e. The van der Waals surface area contributed by atoms with Gasteiger partial charge in [0.25, 0.3) is 0 Å². The van der Waals surface area contributed by atoms with Crippen molar-refractivity contribution in [3.8, 4) is 0 Å². The highest BCUT2D eigenvalue weighted by Gasteiger charge is 2.38. The van der Waals surface area contributed by atoms with E-state index in [-0.39, 0.29) is 6.10 Å². The van der Waals surface area contributed by atoms with Gasteiger partial charge in [0.2, 0.25) is 0 Å². The quantitative estimate of drug-likeness (QED) is 0.514. The van der Waals surface area contributed by atoms with Crippen molar-refractivity contribution >= 4 is 16.1 Å². The molecule has 1 heterocycles. The molecule has 0 aliphatic carbocycles. The predicted octanol–water partition coefficient (Wildman–Crippen LogP) is -0.0488. The molecule has 13 heavy (non-hydrogen) atoms. The summed E-state index contributed by atoms with van der Waals surface area (Å²) in [5, 5.41) is 0. The molecule has 4 atom stereocenters. The number of methoxy groups -OCH3 is 1. The van der Waals surface area contributed by atoms with Crippen molar-refractivity contribution in [1.82, 2.24) is 0 Å². The van der Waals surface area contributed by atoms with Crippen molar-refractivity contribution < 1.29 is 23.5 Å². The summed E-state index contributed by atoms with van der Waals surface area (Å²) >= 11 is 0. The fourth-order valence-electron chi connectivity index (χ4n) is 1.27. The van der Waals surface area contributed by atoms with E-state index >= 15 is 0 Å². The van der Waals surface area contributed by atoms with Gasteiger partial charge in [-0.3, -0.25) is 0 Å². The molecule has 0 amide bonds. The van der Waals surface area contributed by atoms with Crippen molar-refractivity contribution in [1.29, 1.82) is 0 Å². The molecule has 4 unspecified atom stereocenters. The van der Waals surface area contributed by atoms with Crippen molar-refractivity contribution in [3.05, 3.63) is 0 Å². The summed E-state index contributed by atoms with van der Waals surface area (Å²) in [7, 11) is 4.44. The molecule has 5 nitrogen and oxygen atoms in total. The average Bonchev–Trinajstić information content (AvgIpc) is 2.31. The summed E-state index contributed by atoms with van der Waals surface area (Å²) in [4.78, 5) is 8.49. The number of hydrogen-bond acceptors (Lipinski definition) is 4. The van der Waals surface area contributed by atoms with Crippen LogP contribution in [0.4, 0.5) is 0 Å².